The van der Waals surface area contributed by atoms with E-state index < -0.39 is 0 Å². The van der Waals surface area contributed by atoms with E-state index in [1.165, 1.54) is 18.5 Å². The lowest BCUT2D eigenvalue weighted by Gasteiger charge is -2.32. The van der Waals surface area contributed by atoms with E-state index in [9.17, 15) is 0 Å². The summed E-state index contributed by atoms with van der Waals surface area (Å²) in [4.78, 5) is 19.1. The number of morpholine rings is 1. The van der Waals surface area contributed by atoms with Gasteiger partial charge in [0.05, 0.1) is 24.2 Å². The highest BCUT2D eigenvalue weighted by molar-refractivity contribution is 5.06. The monoisotopic (exact) mass is 315 g/mol. The normalized spacial score (nSPS) is 19.1. The number of H-pyrrole nitrogens is 1. The number of imidazole rings is 1. The van der Waals surface area contributed by atoms with Gasteiger partial charge < -0.3 is 9.72 Å². The van der Waals surface area contributed by atoms with Crippen LogP contribution in [0.4, 0.5) is 0 Å². The van der Waals surface area contributed by atoms with Gasteiger partial charge in [-0.3, -0.25) is 14.9 Å². The smallest absolute Gasteiger partial charge is 0.114 e. The van der Waals surface area contributed by atoms with Crippen LogP contribution in [-0.2, 0) is 17.7 Å². The molecule has 0 aliphatic carbocycles. The molecule has 0 spiro atoms. The van der Waals surface area contributed by atoms with E-state index >= 15 is 0 Å². The van der Waals surface area contributed by atoms with E-state index in [-0.39, 0.29) is 6.10 Å². The summed E-state index contributed by atoms with van der Waals surface area (Å²) < 4.78 is 5.86. The highest BCUT2D eigenvalue weighted by atomic mass is 16.5. The van der Waals surface area contributed by atoms with E-state index in [4.69, 9.17) is 4.74 Å². The zero-order valence-corrected chi connectivity index (χ0v) is 14.0. The molecule has 0 aromatic carbocycles. The maximum atomic E-state index is 5.86. The van der Waals surface area contributed by atoms with Crippen molar-refractivity contribution in [2.75, 3.05) is 19.7 Å². The third kappa shape index (κ3) is 4.36. The number of aryl methyl sites for hydroxylation is 2. The Kier molecular flexibility index (Phi) is 5.35. The molecule has 124 valence electrons. The Balaban J connectivity index is 1.58. The summed E-state index contributed by atoms with van der Waals surface area (Å²) in [6.45, 7) is 7.50. The van der Waals surface area contributed by atoms with Crippen molar-refractivity contribution in [3.05, 3.63) is 41.5 Å². The van der Waals surface area contributed by atoms with Gasteiger partial charge in [-0.2, -0.15) is 0 Å². The fraction of sp³-hybridized carbons (Fsp3) is 0.588. The van der Waals surface area contributed by atoms with Crippen molar-refractivity contribution in [1.82, 2.24) is 24.8 Å². The summed E-state index contributed by atoms with van der Waals surface area (Å²) in [5.74, 6) is 1.09. The lowest BCUT2D eigenvalue weighted by molar-refractivity contribution is -0.0355. The van der Waals surface area contributed by atoms with Crippen molar-refractivity contribution in [1.29, 1.82) is 0 Å². The van der Waals surface area contributed by atoms with Gasteiger partial charge in [0, 0.05) is 44.1 Å². The number of nitrogens with zero attached hydrogens (tertiary/aromatic N) is 4. The standard InChI is InChI=1S/C17H25N5O/c1-3-4-5-17-20-9-14(21-17)11-22-6-7-23-16(12-22)15-10-18-13(2)8-19-15/h8-10,16H,3-7,11-12H2,1-2H3,(H,20,21)/t16-/m0/s1. The average molecular weight is 315 g/mol. The van der Waals surface area contributed by atoms with Crippen molar-refractivity contribution < 1.29 is 4.74 Å². The number of rotatable bonds is 6. The quantitative estimate of drug-likeness (QED) is 0.887. The molecule has 6 heteroatoms. The first kappa shape index (κ1) is 16.1. The molecule has 1 N–H and O–H groups in total. The molecule has 0 amide bonds. The fourth-order valence-corrected chi connectivity index (χ4v) is 2.79. The second-order valence-electron chi connectivity index (χ2n) is 6.14. The van der Waals surface area contributed by atoms with Crippen molar-refractivity contribution >= 4 is 0 Å². The van der Waals surface area contributed by atoms with Crippen LogP contribution < -0.4 is 0 Å². The third-order valence-corrected chi connectivity index (χ3v) is 4.12. The van der Waals surface area contributed by atoms with E-state index in [0.29, 0.717) is 0 Å². The first-order valence-corrected chi connectivity index (χ1v) is 8.40. The molecular formula is C17H25N5O. The molecule has 6 nitrogen and oxygen atoms in total. The van der Waals surface area contributed by atoms with Crippen molar-refractivity contribution in [2.45, 2.75) is 45.8 Å². The summed E-state index contributed by atoms with van der Waals surface area (Å²) >= 11 is 0. The average Bonchev–Trinajstić information content (AvgIpc) is 3.01. The Morgan fingerprint density at radius 2 is 2.17 bits per heavy atom. The predicted octanol–water partition coefficient (Wildman–Crippen LogP) is 2.42. The van der Waals surface area contributed by atoms with Gasteiger partial charge in [-0.25, -0.2) is 4.98 Å². The lowest BCUT2D eigenvalue weighted by Crippen LogP contribution is -2.38. The molecule has 0 radical (unpaired) electrons. The van der Waals surface area contributed by atoms with Crippen molar-refractivity contribution in [2.24, 2.45) is 0 Å². The van der Waals surface area contributed by atoms with Crippen LogP contribution in [0.5, 0.6) is 0 Å². The molecule has 2 aromatic heterocycles. The number of nitrogens with one attached hydrogen (secondary N) is 1. The van der Waals surface area contributed by atoms with Crippen LogP contribution in [0.15, 0.2) is 18.6 Å². The van der Waals surface area contributed by atoms with E-state index in [2.05, 4.69) is 31.8 Å². The minimum absolute atomic E-state index is 0.000617. The molecule has 1 fully saturated rings. The Morgan fingerprint density at radius 1 is 1.26 bits per heavy atom. The molecule has 1 aliphatic rings. The number of unbranched alkanes of at least 4 members (excludes halogenated alkanes) is 1. The van der Waals surface area contributed by atoms with Gasteiger partial charge in [-0.05, 0) is 13.3 Å². The highest BCUT2D eigenvalue weighted by Gasteiger charge is 2.23. The van der Waals surface area contributed by atoms with Crippen LogP contribution in [0.3, 0.4) is 0 Å². The Bertz CT molecular complexity index is 610. The molecule has 3 heterocycles. The second kappa shape index (κ2) is 7.66. The summed E-state index contributed by atoms with van der Waals surface area (Å²) in [5, 5.41) is 0. The minimum atomic E-state index is -0.000617. The molecule has 0 saturated carbocycles. The van der Waals surface area contributed by atoms with Crippen molar-refractivity contribution in [3.63, 3.8) is 0 Å². The maximum absolute atomic E-state index is 5.86. The minimum Gasteiger partial charge on any atom is -0.369 e. The molecule has 0 bridgehead atoms. The predicted molar refractivity (Wildman–Crippen MR) is 87.9 cm³/mol. The van der Waals surface area contributed by atoms with Crippen LogP contribution >= 0.6 is 0 Å². The SMILES string of the molecule is CCCCc1ncc(CN2CCO[C@H](c3cnc(C)cn3)C2)[nH]1. The number of hydrogen-bond donors (Lipinski definition) is 1. The Hall–Kier alpha value is -1.79. The lowest BCUT2D eigenvalue weighted by atomic mass is 10.2. The van der Waals surface area contributed by atoms with Crippen LogP contribution in [0.2, 0.25) is 0 Å². The summed E-state index contributed by atoms with van der Waals surface area (Å²) in [6.07, 6.45) is 8.98. The van der Waals surface area contributed by atoms with E-state index in [0.717, 1.165) is 49.9 Å². The molecule has 23 heavy (non-hydrogen) atoms. The van der Waals surface area contributed by atoms with Gasteiger partial charge in [-0.15, -0.1) is 0 Å². The van der Waals surface area contributed by atoms with Gasteiger partial charge >= 0.3 is 0 Å². The largest absolute Gasteiger partial charge is 0.369 e. The molecule has 1 aliphatic heterocycles. The Morgan fingerprint density at radius 3 is 2.96 bits per heavy atom. The molecule has 0 unspecified atom stereocenters. The van der Waals surface area contributed by atoms with Gasteiger partial charge in [0.2, 0.25) is 0 Å². The van der Waals surface area contributed by atoms with Gasteiger partial charge in [0.1, 0.15) is 11.9 Å². The molecule has 1 saturated heterocycles. The summed E-state index contributed by atoms with van der Waals surface area (Å²) in [5.41, 5.74) is 3.01. The van der Waals surface area contributed by atoms with Gasteiger partial charge in [-0.1, -0.05) is 13.3 Å². The molecule has 3 rings (SSSR count). The molecular weight excluding hydrogens is 290 g/mol. The summed E-state index contributed by atoms with van der Waals surface area (Å²) in [6, 6.07) is 0. The number of aromatic amines is 1. The fourth-order valence-electron chi connectivity index (χ4n) is 2.79. The zero-order valence-electron chi connectivity index (χ0n) is 14.0. The van der Waals surface area contributed by atoms with E-state index in [1.807, 2.05) is 19.3 Å². The topological polar surface area (TPSA) is 66.9 Å². The Labute approximate surface area is 137 Å². The van der Waals surface area contributed by atoms with Gasteiger partial charge in [0.25, 0.3) is 0 Å². The number of hydrogen-bond acceptors (Lipinski definition) is 5. The van der Waals surface area contributed by atoms with Crippen LogP contribution in [0, 0.1) is 6.92 Å². The summed E-state index contributed by atoms with van der Waals surface area (Å²) in [7, 11) is 0. The van der Waals surface area contributed by atoms with Crippen LogP contribution in [0.25, 0.3) is 0 Å². The third-order valence-electron chi connectivity index (χ3n) is 4.12. The first-order chi connectivity index (χ1) is 11.2. The number of ether oxygens (including phenoxy) is 1. The number of aromatic nitrogens is 4. The van der Waals surface area contributed by atoms with Crippen molar-refractivity contribution in [3.8, 4) is 0 Å². The molecule has 1 atom stereocenters. The van der Waals surface area contributed by atoms with E-state index in [1.54, 1.807) is 6.20 Å². The molecule has 2 aromatic rings. The van der Waals surface area contributed by atoms with Crippen LogP contribution in [-0.4, -0.2) is 44.5 Å². The zero-order chi connectivity index (χ0) is 16.1. The van der Waals surface area contributed by atoms with Crippen LogP contribution in [0.1, 0.15) is 48.8 Å². The highest BCUT2D eigenvalue weighted by Crippen LogP contribution is 2.21. The second-order valence-corrected chi connectivity index (χ2v) is 6.14. The van der Waals surface area contributed by atoms with Gasteiger partial charge in [0.15, 0.2) is 0 Å². The first-order valence-electron chi connectivity index (χ1n) is 8.40. The maximum Gasteiger partial charge on any atom is 0.114 e.